The van der Waals surface area contributed by atoms with Crippen molar-refractivity contribution in [1.29, 1.82) is 0 Å². The number of nitrogens with one attached hydrogen (secondary N) is 1. The quantitative estimate of drug-likeness (QED) is 0.872. The Balaban J connectivity index is 2.02. The van der Waals surface area contributed by atoms with Gasteiger partial charge in [0.25, 0.3) is 5.91 Å². The molecule has 0 unspecified atom stereocenters. The fourth-order valence-electron chi connectivity index (χ4n) is 1.65. The summed E-state index contributed by atoms with van der Waals surface area (Å²) in [4.78, 5) is 23.4. The van der Waals surface area contributed by atoms with Gasteiger partial charge in [0.05, 0.1) is 12.1 Å². The highest BCUT2D eigenvalue weighted by molar-refractivity contribution is 6.02. The van der Waals surface area contributed by atoms with Crippen molar-refractivity contribution in [3.05, 3.63) is 71.3 Å². The van der Waals surface area contributed by atoms with Gasteiger partial charge in [-0.1, -0.05) is 30.3 Å². The molecule has 5 heteroatoms. The first-order valence-corrected chi connectivity index (χ1v) is 5.89. The van der Waals surface area contributed by atoms with Crippen LogP contribution in [-0.4, -0.2) is 18.2 Å². The molecule has 0 spiro atoms. The van der Waals surface area contributed by atoms with Gasteiger partial charge >= 0.3 is 0 Å². The maximum atomic E-state index is 13.4. The minimum absolute atomic E-state index is 0.279. The van der Waals surface area contributed by atoms with Gasteiger partial charge in [-0.3, -0.25) is 9.59 Å². The number of carbonyl (C=O) groups is 2. The maximum Gasteiger partial charge on any atom is 0.254 e. The smallest absolute Gasteiger partial charge is 0.254 e. The van der Waals surface area contributed by atoms with Crippen molar-refractivity contribution < 1.29 is 18.4 Å². The largest absolute Gasteiger partial charge is 0.344 e. The minimum Gasteiger partial charge on any atom is -0.344 e. The minimum atomic E-state index is -0.837. The molecule has 1 N–H and O–H groups in total. The lowest BCUT2D eigenvalue weighted by atomic mass is 10.1. The van der Waals surface area contributed by atoms with Crippen molar-refractivity contribution >= 4 is 11.7 Å². The van der Waals surface area contributed by atoms with E-state index in [0.29, 0.717) is 5.56 Å². The zero-order valence-electron chi connectivity index (χ0n) is 10.4. The van der Waals surface area contributed by atoms with Crippen LogP contribution in [0.3, 0.4) is 0 Å². The number of ketones is 1. The standard InChI is InChI=1S/C15H11F2NO2/c16-11-6-7-13(17)12(8-11)15(20)18-9-14(19)10-4-2-1-3-5-10/h1-8H,9H2,(H,18,20). The Morgan fingerprint density at radius 1 is 1.00 bits per heavy atom. The first kappa shape index (κ1) is 13.9. The Bertz CT molecular complexity index is 642. The maximum absolute atomic E-state index is 13.4. The Morgan fingerprint density at radius 2 is 1.70 bits per heavy atom. The molecular formula is C15H11F2NO2. The molecule has 2 aromatic rings. The molecule has 2 aromatic carbocycles. The van der Waals surface area contributed by atoms with Crippen LogP contribution in [0.15, 0.2) is 48.5 Å². The summed E-state index contributed by atoms with van der Waals surface area (Å²) in [6.07, 6.45) is 0. The van der Waals surface area contributed by atoms with Gasteiger partial charge in [0.2, 0.25) is 0 Å². The van der Waals surface area contributed by atoms with E-state index in [2.05, 4.69) is 5.32 Å². The molecule has 0 aliphatic heterocycles. The predicted octanol–water partition coefficient (Wildman–Crippen LogP) is 2.58. The highest BCUT2D eigenvalue weighted by atomic mass is 19.1. The van der Waals surface area contributed by atoms with E-state index in [-0.39, 0.29) is 12.3 Å². The van der Waals surface area contributed by atoms with Crippen LogP contribution in [0.1, 0.15) is 20.7 Å². The molecule has 3 nitrogen and oxygen atoms in total. The first-order chi connectivity index (χ1) is 9.58. The Morgan fingerprint density at radius 3 is 2.40 bits per heavy atom. The lowest BCUT2D eigenvalue weighted by Gasteiger charge is -2.06. The first-order valence-electron chi connectivity index (χ1n) is 5.89. The molecule has 0 atom stereocenters. The lowest BCUT2D eigenvalue weighted by molar-refractivity contribution is 0.0901. The van der Waals surface area contributed by atoms with E-state index in [1.807, 2.05) is 0 Å². The van der Waals surface area contributed by atoms with Crippen molar-refractivity contribution in [3.8, 4) is 0 Å². The summed E-state index contributed by atoms with van der Waals surface area (Å²) >= 11 is 0. The zero-order valence-corrected chi connectivity index (χ0v) is 10.4. The molecule has 1 amide bonds. The second kappa shape index (κ2) is 6.06. The van der Waals surface area contributed by atoms with Crippen molar-refractivity contribution in [2.75, 3.05) is 6.54 Å². The van der Waals surface area contributed by atoms with Gasteiger partial charge in [0.1, 0.15) is 11.6 Å². The number of hydrogen-bond donors (Lipinski definition) is 1. The van der Waals surface area contributed by atoms with Crippen LogP contribution in [0, 0.1) is 11.6 Å². The van der Waals surface area contributed by atoms with Crippen molar-refractivity contribution in [2.24, 2.45) is 0 Å². The number of halogens is 2. The zero-order chi connectivity index (χ0) is 14.5. The molecule has 0 radical (unpaired) electrons. The van der Waals surface area contributed by atoms with Gasteiger partial charge in [-0.05, 0) is 18.2 Å². The number of rotatable bonds is 4. The molecule has 0 aliphatic rings. The van der Waals surface area contributed by atoms with Crippen molar-refractivity contribution in [3.63, 3.8) is 0 Å². The van der Waals surface area contributed by atoms with Gasteiger partial charge in [-0.25, -0.2) is 8.78 Å². The van der Waals surface area contributed by atoms with Crippen LogP contribution in [0.25, 0.3) is 0 Å². The van der Waals surface area contributed by atoms with Crippen LogP contribution < -0.4 is 5.32 Å². The van der Waals surface area contributed by atoms with E-state index < -0.39 is 23.1 Å². The normalized spacial score (nSPS) is 10.1. The topological polar surface area (TPSA) is 46.2 Å². The Hall–Kier alpha value is -2.56. The van der Waals surface area contributed by atoms with Crippen LogP contribution in [0.5, 0.6) is 0 Å². The Labute approximate surface area is 114 Å². The van der Waals surface area contributed by atoms with E-state index in [9.17, 15) is 18.4 Å². The highest BCUT2D eigenvalue weighted by Gasteiger charge is 2.14. The molecule has 0 aromatic heterocycles. The molecule has 0 bridgehead atoms. The summed E-state index contributed by atoms with van der Waals surface area (Å²) in [5, 5.41) is 2.27. The van der Waals surface area contributed by atoms with Gasteiger partial charge in [0.15, 0.2) is 5.78 Å². The summed E-state index contributed by atoms with van der Waals surface area (Å²) in [7, 11) is 0. The van der Waals surface area contributed by atoms with E-state index in [0.717, 1.165) is 18.2 Å². The number of hydrogen-bond acceptors (Lipinski definition) is 2. The third-order valence-electron chi connectivity index (χ3n) is 2.68. The molecular weight excluding hydrogens is 264 g/mol. The third-order valence-corrected chi connectivity index (χ3v) is 2.68. The SMILES string of the molecule is O=C(CNC(=O)c1cc(F)ccc1F)c1ccccc1. The monoisotopic (exact) mass is 275 g/mol. The molecule has 0 heterocycles. The summed E-state index contributed by atoms with van der Waals surface area (Å²) < 4.78 is 26.3. The van der Waals surface area contributed by atoms with Crippen LogP contribution >= 0.6 is 0 Å². The second-order valence-corrected chi connectivity index (χ2v) is 4.10. The summed E-state index contributed by atoms with van der Waals surface area (Å²) in [5.41, 5.74) is 0.0124. The summed E-state index contributed by atoms with van der Waals surface area (Å²) in [6, 6.07) is 10.9. The van der Waals surface area contributed by atoms with Gasteiger partial charge in [-0.2, -0.15) is 0 Å². The van der Waals surface area contributed by atoms with E-state index in [4.69, 9.17) is 0 Å². The number of amides is 1. The fraction of sp³-hybridized carbons (Fsp3) is 0.0667. The molecule has 0 aliphatic carbocycles. The molecule has 0 saturated carbocycles. The van der Waals surface area contributed by atoms with E-state index >= 15 is 0 Å². The average Bonchev–Trinajstić information content (AvgIpc) is 2.47. The third kappa shape index (κ3) is 3.26. The van der Waals surface area contributed by atoms with Crippen molar-refractivity contribution in [2.45, 2.75) is 0 Å². The van der Waals surface area contributed by atoms with Crippen LogP contribution in [0.2, 0.25) is 0 Å². The molecule has 0 saturated heterocycles. The average molecular weight is 275 g/mol. The van der Waals surface area contributed by atoms with Gasteiger partial charge in [0, 0.05) is 5.56 Å². The summed E-state index contributed by atoms with van der Waals surface area (Å²) in [6.45, 7) is -0.279. The number of benzene rings is 2. The highest BCUT2D eigenvalue weighted by Crippen LogP contribution is 2.09. The second-order valence-electron chi connectivity index (χ2n) is 4.10. The molecule has 20 heavy (non-hydrogen) atoms. The van der Waals surface area contributed by atoms with E-state index in [1.165, 1.54) is 0 Å². The summed E-state index contributed by atoms with van der Waals surface area (Å²) in [5.74, 6) is -2.69. The van der Waals surface area contributed by atoms with E-state index in [1.54, 1.807) is 30.3 Å². The molecule has 102 valence electrons. The lowest BCUT2D eigenvalue weighted by Crippen LogP contribution is -2.30. The number of Topliss-reactive ketones (excluding diaryl/α,β-unsaturated/α-hetero) is 1. The molecule has 0 fully saturated rings. The Kier molecular flexibility index (Phi) is 4.20. The van der Waals surface area contributed by atoms with Gasteiger partial charge < -0.3 is 5.32 Å². The van der Waals surface area contributed by atoms with Crippen molar-refractivity contribution in [1.82, 2.24) is 5.32 Å². The number of carbonyl (C=O) groups excluding carboxylic acids is 2. The molecule has 2 rings (SSSR count). The van der Waals surface area contributed by atoms with Crippen LogP contribution in [0.4, 0.5) is 8.78 Å². The fourth-order valence-corrected chi connectivity index (χ4v) is 1.65. The van der Waals surface area contributed by atoms with Crippen LogP contribution in [-0.2, 0) is 0 Å². The predicted molar refractivity (Wildman–Crippen MR) is 69.5 cm³/mol. The van der Waals surface area contributed by atoms with Gasteiger partial charge in [-0.15, -0.1) is 0 Å².